The Kier molecular flexibility index (Phi) is 5.84. The molecule has 0 aliphatic carbocycles. The van der Waals surface area contributed by atoms with Crippen molar-refractivity contribution in [1.29, 1.82) is 5.26 Å². The zero-order valence-electron chi connectivity index (χ0n) is 12.5. The molecule has 0 aliphatic heterocycles. The Bertz CT molecular complexity index is 586. The fourth-order valence-corrected chi connectivity index (χ4v) is 2.32. The van der Waals surface area contributed by atoms with E-state index in [1.807, 2.05) is 42.5 Å². The highest BCUT2D eigenvalue weighted by Crippen LogP contribution is 2.20. The normalized spacial score (nSPS) is 11.6. The lowest BCUT2D eigenvalue weighted by molar-refractivity contribution is 0.304. The lowest BCUT2D eigenvalue weighted by atomic mass is 9.96. The van der Waals surface area contributed by atoms with Crippen molar-refractivity contribution in [3.05, 3.63) is 65.7 Å². The molecule has 0 aromatic heterocycles. The van der Waals surface area contributed by atoms with Gasteiger partial charge in [0.1, 0.15) is 5.75 Å². The molecular formula is C19H21NO. The van der Waals surface area contributed by atoms with Crippen LogP contribution in [0.3, 0.4) is 0 Å². The number of benzene rings is 2. The van der Waals surface area contributed by atoms with E-state index in [0.717, 1.165) is 30.6 Å². The summed E-state index contributed by atoms with van der Waals surface area (Å²) in [5.74, 6) is 0.874. The van der Waals surface area contributed by atoms with Crippen molar-refractivity contribution in [2.24, 2.45) is 0 Å². The molecule has 108 valence electrons. The van der Waals surface area contributed by atoms with Gasteiger partial charge in [-0.25, -0.2) is 0 Å². The van der Waals surface area contributed by atoms with E-state index < -0.39 is 0 Å². The van der Waals surface area contributed by atoms with E-state index in [1.54, 1.807) is 0 Å². The summed E-state index contributed by atoms with van der Waals surface area (Å²) < 4.78 is 5.77. The van der Waals surface area contributed by atoms with Gasteiger partial charge in [0.15, 0.2) is 0 Å². The minimum Gasteiger partial charge on any atom is -0.494 e. The molecule has 0 amide bonds. The number of nitriles is 1. The summed E-state index contributed by atoms with van der Waals surface area (Å²) in [5.41, 5.74) is 2.37. The van der Waals surface area contributed by atoms with E-state index in [2.05, 4.69) is 25.1 Å². The first-order valence-corrected chi connectivity index (χ1v) is 7.49. The number of ether oxygens (including phenoxy) is 1. The molecular weight excluding hydrogens is 258 g/mol. The Balaban J connectivity index is 1.80. The topological polar surface area (TPSA) is 33.0 Å². The Morgan fingerprint density at radius 1 is 1.10 bits per heavy atom. The first-order valence-electron chi connectivity index (χ1n) is 7.49. The third-order valence-corrected chi connectivity index (χ3v) is 3.57. The van der Waals surface area contributed by atoms with E-state index in [9.17, 15) is 5.26 Å². The third-order valence-electron chi connectivity index (χ3n) is 3.57. The van der Waals surface area contributed by atoms with Crippen molar-refractivity contribution >= 4 is 0 Å². The van der Waals surface area contributed by atoms with Crippen molar-refractivity contribution in [1.82, 2.24) is 0 Å². The largest absolute Gasteiger partial charge is 0.494 e. The highest BCUT2D eigenvalue weighted by Gasteiger charge is 2.09. The molecule has 0 heterocycles. The van der Waals surface area contributed by atoms with Gasteiger partial charge >= 0.3 is 0 Å². The van der Waals surface area contributed by atoms with Crippen LogP contribution in [0.15, 0.2) is 54.6 Å². The zero-order chi connectivity index (χ0) is 14.9. The zero-order valence-corrected chi connectivity index (χ0v) is 12.5. The number of hydrogen-bond donors (Lipinski definition) is 0. The second kappa shape index (κ2) is 8.11. The maximum atomic E-state index is 9.27. The average Bonchev–Trinajstić information content (AvgIpc) is 2.56. The Hall–Kier alpha value is -2.27. The summed E-state index contributed by atoms with van der Waals surface area (Å²) >= 11 is 0. The Labute approximate surface area is 127 Å². The van der Waals surface area contributed by atoms with Crippen LogP contribution < -0.4 is 4.74 Å². The lowest BCUT2D eigenvalue weighted by Gasteiger charge is -2.10. The summed E-state index contributed by atoms with van der Waals surface area (Å²) in [4.78, 5) is 0. The van der Waals surface area contributed by atoms with Gasteiger partial charge in [-0.15, -0.1) is 0 Å². The van der Waals surface area contributed by atoms with Gasteiger partial charge in [0.2, 0.25) is 0 Å². The Morgan fingerprint density at radius 2 is 1.90 bits per heavy atom. The average molecular weight is 279 g/mol. The maximum Gasteiger partial charge on any atom is 0.119 e. The molecule has 0 fully saturated rings. The van der Waals surface area contributed by atoms with E-state index in [-0.39, 0.29) is 5.92 Å². The number of nitrogens with zero attached hydrogens (tertiary/aromatic N) is 1. The number of aryl methyl sites for hydroxylation is 1. The highest BCUT2D eigenvalue weighted by molar-refractivity contribution is 5.28. The number of hydrogen-bond acceptors (Lipinski definition) is 2. The molecule has 0 bridgehead atoms. The summed E-state index contributed by atoms with van der Waals surface area (Å²) in [7, 11) is 0. The summed E-state index contributed by atoms with van der Waals surface area (Å²) in [6.45, 7) is 2.79. The van der Waals surface area contributed by atoms with Crippen molar-refractivity contribution in [2.45, 2.75) is 32.1 Å². The maximum absolute atomic E-state index is 9.27. The molecule has 1 atom stereocenters. The molecule has 0 spiro atoms. The van der Waals surface area contributed by atoms with Crippen LogP contribution in [0, 0.1) is 11.3 Å². The van der Waals surface area contributed by atoms with Crippen LogP contribution in [0.4, 0.5) is 0 Å². The lowest BCUT2D eigenvalue weighted by Crippen LogP contribution is -2.02. The van der Waals surface area contributed by atoms with Gasteiger partial charge in [-0.05, 0) is 42.5 Å². The smallest absolute Gasteiger partial charge is 0.119 e. The molecule has 0 aliphatic rings. The van der Waals surface area contributed by atoms with Crippen molar-refractivity contribution in [3.8, 4) is 11.8 Å². The van der Waals surface area contributed by atoms with E-state index >= 15 is 0 Å². The van der Waals surface area contributed by atoms with Crippen LogP contribution in [0.25, 0.3) is 0 Å². The molecule has 0 radical (unpaired) electrons. The second-order valence-corrected chi connectivity index (χ2v) is 5.08. The molecule has 2 rings (SSSR count). The van der Waals surface area contributed by atoms with Gasteiger partial charge in [0, 0.05) is 0 Å². The SMILES string of the molecule is CCc1cccc(OCCCC(C#N)c2ccccc2)c1. The first kappa shape index (κ1) is 15.1. The molecule has 1 unspecified atom stereocenters. The quantitative estimate of drug-likeness (QED) is 0.687. The van der Waals surface area contributed by atoms with Crippen LogP contribution >= 0.6 is 0 Å². The van der Waals surface area contributed by atoms with Crippen molar-refractivity contribution in [3.63, 3.8) is 0 Å². The summed E-state index contributed by atoms with van der Waals surface area (Å²) in [5, 5.41) is 9.27. The second-order valence-electron chi connectivity index (χ2n) is 5.08. The standard InChI is InChI=1S/C19H21NO/c1-2-16-8-6-12-19(14-16)21-13-7-11-18(15-20)17-9-4-3-5-10-17/h3-6,8-10,12,14,18H,2,7,11,13H2,1H3. The third kappa shape index (κ3) is 4.65. The molecule has 2 nitrogen and oxygen atoms in total. The predicted octanol–water partition coefficient (Wildman–Crippen LogP) is 4.72. The van der Waals surface area contributed by atoms with Gasteiger partial charge < -0.3 is 4.74 Å². The molecule has 2 heteroatoms. The minimum atomic E-state index is -0.0447. The molecule has 21 heavy (non-hydrogen) atoms. The van der Waals surface area contributed by atoms with E-state index in [1.165, 1.54) is 5.56 Å². The van der Waals surface area contributed by atoms with E-state index in [4.69, 9.17) is 4.74 Å². The fourth-order valence-electron chi connectivity index (χ4n) is 2.32. The van der Waals surface area contributed by atoms with Crippen LogP contribution in [0.1, 0.15) is 36.8 Å². The minimum absolute atomic E-state index is 0.0447. The van der Waals surface area contributed by atoms with Crippen LogP contribution in [0.5, 0.6) is 5.75 Å². The van der Waals surface area contributed by atoms with Gasteiger partial charge in [0.05, 0.1) is 18.6 Å². The molecule has 2 aromatic rings. The van der Waals surface area contributed by atoms with Gasteiger partial charge in [0.25, 0.3) is 0 Å². The molecule has 2 aromatic carbocycles. The van der Waals surface area contributed by atoms with Gasteiger partial charge in [-0.1, -0.05) is 49.4 Å². The van der Waals surface area contributed by atoms with Crippen molar-refractivity contribution < 1.29 is 4.74 Å². The van der Waals surface area contributed by atoms with Crippen LogP contribution in [-0.4, -0.2) is 6.61 Å². The summed E-state index contributed by atoms with van der Waals surface area (Å²) in [6.07, 6.45) is 2.72. The molecule has 0 saturated heterocycles. The van der Waals surface area contributed by atoms with Crippen molar-refractivity contribution in [2.75, 3.05) is 6.61 Å². The summed E-state index contributed by atoms with van der Waals surface area (Å²) in [6, 6.07) is 20.5. The number of rotatable bonds is 7. The van der Waals surface area contributed by atoms with Crippen LogP contribution in [-0.2, 0) is 6.42 Å². The monoisotopic (exact) mass is 279 g/mol. The first-order chi connectivity index (χ1) is 10.3. The molecule has 0 saturated carbocycles. The predicted molar refractivity (Wildman–Crippen MR) is 85.3 cm³/mol. The van der Waals surface area contributed by atoms with Gasteiger partial charge in [-0.2, -0.15) is 5.26 Å². The highest BCUT2D eigenvalue weighted by atomic mass is 16.5. The fraction of sp³-hybridized carbons (Fsp3) is 0.316. The van der Waals surface area contributed by atoms with Crippen LogP contribution in [0.2, 0.25) is 0 Å². The van der Waals surface area contributed by atoms with E-state index in [0.29, 0.717) is 6.61 Å². The Morgan fingerprint density at radius 3 is 2.62 bits per heavy atom. The van der Waals surface area contributed by atoms with Gasteiger partial charge in [-0.3, -0.25) is 0 Å². The molecule has 0 N–H and O–H groups in total.